The second-order valence-corrected chi connectivity index (χ2v) is 7.59. The Morgan fingerprint density at radius 2 is 1.74 bits per heavy atom. The second kappa shape index (κ2) is 6.41. The Balaban J connectivity index is 1.30. The van der Waals surface area contributed by atoms with Crippen molar-refractivity contribution in [3.63, 3.8) is 0 Å². The molecular weight excluding hydrogens is 336 g/mol. The van der Waals surface area contributed by atoms with E-state index in [2.05, 4.69) is 46.8 Å². The van der Waals surface area contributed by atoms with Gasteiger partial charge in [-0.15, -0.1) is 0 Å². The lowest BCUT2D eigenvalue weighted by atomic mass is 9.95. The number of fused-ring (bicyclic) bond motifs is 2. The van der Waals surface area contributed by atoms with Gasteiger partial charge in [0.2, 0.25) is 11.9 Å². The number of hydrogen-bond donors (Lipinski definition) is 0. The van der Waals surface area contributed by atoms with Gasteiger partial charge in [0, 0.05) is 38.3 Å². The third-order valence-corrected chi connectivity index (χ3v) is 6.04. The highest BCUT2D eigenvalue weighted by Gasteiger charge is 2.33. The molecule has 5 rings (SSSR count). The van der Waals surface area contributed by atoms with Crippen molar-refractivity contribution in [1.29, 1.82) is 0 Å². The van der Waals surface area contributed by atoms with Crippen molar-refractivity contribution >= 4 is 28.6 Å². The molecule has 0 spiro atoms. The SMILES string of the molecule is Cn1c(N2CCC(C(=O)N3CCc4ccccc43)CC2)nc2ccccc21. The predicted molar refractivity (Wildman–Crippen MR) is 108 cm³/mol. The van der Waals surface area contributed by atoms with Gasteiger partial charge >= 0.3 is 0 Å². The molecule has 138 valence electrons. The minimum absolute atomic E-state index is 0.113. The highest BCUT2D eigenvalue weighted by molar-refractivity contribution is 5.97. The molecule has 3 aromatic rings. The highest BCUT2D eigenvalue weighted by atomic mass is 16.2. The lowest BCUT2D eigenvalue weighted by molar-refractivity contribution is -0.122. The molecule has 2 aliphatic rings. The first kappa shape index (κ1) is 16.4. The number of carbonyl (C=O) groups is 1. The van der Waals surface area contributed by atoms with Gasteiger partial charge in [0.25, 0.3) is 0 Å². The van der Waals surface area contributed by atoms with Crippen molar-refractivity contribution in [3.8, 4) is 0 Å². The van der Waals surface area contributed by atoms with Gasteiger partial charge in [-0.25, -0.2) is 4.98 Å². The average Bonchev–Trinajstić information content (AvgIpc) is 3.29. The van der Waals surface area contributed by atoms with Crippen molar-refractivity contribution < 1.29 is 4.79 Å². The number of amides is 1. The van der Waals surface area contributed by atoms with Crippen LogP contribution in [0.4, 0.5) is 11.6 Å². The maximum atomic E-state index is 13.1. The molecule has 0 saturated carbocycles. The first-order valence-corrected chi connectivity index (χ1v) is 9.78. The first-order valence-electron chi connectivity index (χ1n) is 9.78. The fourth-order valence-corrected chi connectivity index (χ4v) is 4.53. The van der Waals surface area contributed by atoms with Crippen LogP contribution in [0.25, 0.3) is 11.0 Å². The maximum absolute atomic E-state index is 13.1. The van der Waals surface area contributed by atoms with Gasteiger partial charge in [0.1, 0.15) is 0 Å². The standard InChI is InChI=1S/C22H24N4O/c1-24-20-9-5-3-7-18(20)23-22(24)25-13-10-17(11-14-25)21(27)26-15-12-16-6-2-4-8-19(16)26/h2-9,17H,10-15H2,1H3. The summed E-state index contributed by atoms with van der Waals surface area (Å²) in [5, 5.41) is 0. The molecule has 3 heterocycles. The number of hydrogen-bond acceptors (Lipinski definition) is 3. The summed E-state index contributed by atoms with van der Waals surface area (Å²) in [5.74, 6) is 1.42. The molecule has 0 atom stereocenters. The number of carbonyl (C=O) groups excluding carboxylic acids is 1. The normalized spacial score (nSPS) is 17.5. The predicted octanol–water partition coefficient (Wildman–Crippen LogP) is 3.38. The monoisotopic (exact) mass is 360 g/mol. The number of aromatic nitrogens is 2. The lowest BCUT2D eigenvalue weighted by Gasteiger charge is -2.33. The Labute approximate surface area is 159 Å². The van der Waals surface area contributed by atoms with E-state index in [0.717, 1.165) is 61.6 Å². The molecule has 5 nitrogen and oxygen atoms in total. The Morgan fingerprint density at radius 1 is 1.00 bits per heavy atom. The van der Waals surface area contributed by atoms with Gasteiger partial charge < -0.3 is 14.4 Å². The molecule has 1 fully saturated rings. The molecule has 0 unspecified atom stereocenters. The number of rotatable bonds is 2. The van der Waals surface area contributed by atoms with E-state index in [0.29, 0.717) is 5.91 Å². The summed E-state index contributed by atoms with van der Waals surface area (Å²) in [6.07, 6.45) is 2.75. The van der Waals surface area contributed by atoms with Crippen molar-refractivity contribution in [2.75, 3.05) is 29.4 Å². The second-order valence-electron chi connectivity index (χ2n) is 7.59. The summed E-state index contributed by atoms with van der Waals surface area (Å²) in [6, 6.07) is 16.5. The molecular formula is C22H24N4O. The van der Waals surface area contributed by atoms with Crippen LogP contribution >= 0.6 is 0 Å². The van der Waals surface area contributed by atoms with Gasteiger partial charge in [-0.05, 0) is 43.0 Å². The molecule has 0 radical (unpaired) electrons. The van der Waals surface area contributed by atoms with Crippen LogP contribution in [-0.2, 0) is 18.3 Å². The Morgan fingerprint density at radius 3 is 2.56 bits per heavy atom. The summed E-state index contributed by atoms with van der Waals surface area (Å²) >= 11 is 0. The van der Waals surface area contributed by atoms with Crippen LogP contribution in [0, 0.1) is 5.92 Å². The van der Waals surface area contributed by atoms with Gasteiger partial charge in [0.05, 0.1) is 11.0 Å². The molecule has 1 aromatic heterocycles. The summed E-state index contributed by atoms with van der Waals surface area (Å²) in [5.41, 5.74) is 4.59. The molecule has 2 aromatic carbocycles. The van der Waals surface area contributed by atoms with Gasteiger partial charge in [-0.1, -0.05) is 30.3 Å². The number of aryl methyl sites for hydroxylation is 1. The van der Waals surface area contributed by atoms with Gasteiger partial charge in [-0.2, -0.15) is 0 Å². The fourth-order valence-electron chi connectivity index (χ4n) is 4.53. The van der Waals surface area contributed by atoms with Crippen molar-refractivity contribution in [1.82, 2.24) is 9.55 Å². The summed E-state index contributed by atoms with van der Waals surface area (Å²) in [6.45, 7) is 2.58. The maximum Gasteiger partial charge on any atom is 0.230 e. The van der Waals surface area contributed by atoms with E-state index >= 15 is 0 Å². The molecule has 0 bridgehead atoms. The van der Waals surface area contributed by atoms with E-state index in [1.54, 1.807) is 0 Å². The fraction of sp³-hybridized carbons (Fsp3) is 0.364. The number of anilines is 2. The van der Waals surface area contributed by atoms with Crippen LogP contribution in [0.3, 0.4) is 0 Å². The molecule has 5 heteroatoms. The third-order valence-electron chi connectivity index (χ3n) is 6.04. The van der Waals surface area contributed by atoms with E-state index < -0.39 is 0 Å². The number of nitrogens with zero attached hydrogens (tertiary/aromatic N) is 4. The number of piperidine rings is 1. The van der Waals surface area contributed by atoms with Crippen LogP contribution in [0.1, 0.15) is 18.4 Å². The number of benzene rings is 2. The zero-order valence-electron chi connectivity index (χ0n) is 15.6. The summed E-state index contributed by atoms with van der Waals surface area (Å²) < 4.78 is 2.16. The lowest BCUT2D eigenvalue weighted by Crippen LogP contribution is -2.42. The largest absolute Gasteiger partial charge is 0.342 e. The van der Waals surface area contributed by atoms with Gasteiger partial charge in [0.15, 0.2) is 0 Å². The Hall–Kier alpha value is -2.82. The molecule has 0 aliphatic carbocycles. The van der Waals surface area contributed by atoms with Crippen LogP contribution in [0.15, 0.2) is 48.5 Å². The van der Waals surface area contributed by atoms with E-state index in [1.165, 1.54) is 5.56 Å². The molecule has 2 aliphatic heterocycles. The number of imidazole rings is 1. The number of para-hydroxylation sites is 3. The van der Waals surface area contributed by atoms with Crippen molar-refractivity contribution in [2.24, 2.45) is 13.0 Å². The average molecular weight is 360 g/mol. The van der Waals surface area contributed by atoms with E-state index in [4.69, 9.17) is 4.98 Å². The van der Waals surface area contributed by atoms with Crippen LogP contribution in [0.2, 0.25) is 0 Å². The smallest absolute Gasteiger partial charge is 0.230 e. The topological polar surface area (TPSA) is 41.4 Å². The Kier molecular flexibility index (Phi) is 3.88. The van der Waals surface area contributed by atoms with Gasteiger partial charge in [-0.3, -0.25) is 4.79 Å². The van der Waals surface area contributed by atoms with Crippen LogP contribution < -0.4 is 9.80 Å². The van der Waals surface area contributed by atoms with Crippen LogP contribution in [-0.4, -0.2) is 35.1 Å². The highest BCUT2D eigenvalue weighted by Crippen LogP contribution is 2.32. The quantitative estimate of drug-likeness (QED) is 0.703. The molecule has 1 amide bonds. The first-order chi connectivity index (χ1) is 13.2. The summed E-state index contributed by atoms with van der Waals surface area (Å²) in [7, 11) is 2.07. The minimum atomic E-state index is 0.113. The molecule has 0 N–H and O–H groups in total. The van der Waals surface area contributed by atoms with E-state index in [9.17, 15) is 4.79 Å². The van der Waals surface area contributed by atoms with Crippen LogP contribution in [0.5, 0.6) is 0 Å². The molecule has 1 saturated heterocycles. The van der Waals surface area contributed by atoms with Crippen molar-refractivity contribution in [3.05, 3.63) is 54.1 Å². The molecule has 27 heavy (non-hydrogen) atoms. The third kappa shape index (κ3) is 2.69. The van der Waals surface area contributed by atoms with E-state index in [1.807, 2.05) is 23.1 Å². The summed E-state index contributed by atoms with van der Waals surface area (Å²) in [4.78, 5) is 22.2. The Bertz CT molecular complexity index is 1000. The van der Waals surface area contributed by atoms with E-state index in [-0.39, 0.29) is 5.92 Å². The minimum Gasteiger partial charge on any atom is -0.342 e. The zero-order valence-corrected chi connectivity index (χ0v) is 15.6. The zero-order chi connectivity index (χ0) is 18.4. The van der Waals surface area contributed by atoms with Crippen molar-refractivity contribution in [2.45, 2.75) is 19.3 Å².